The molecular formula is C24H24FNO4. The number of morpholine rings is 1. The first-order chi connectivity index (χ1) is 14.4. The number of ether oxygens (including phenoxy) is 2. The molecule has 1 amide bonds. The smallest absolute Gasteiger partial charge is 0.250 e. The maximum absolute atomic E-state index is 14.0. The van der Waals surface area contributed by atoms with Crippen molar-refractivity contribution in [3.05, 3.63) is 70.5 Å². The van der Waals surface area contributed by atoms with E-state index in [1.807, 2.05) is 24.0 Å². The first-order valence-corrected chi connectivity index (χ1v) is 10.1. The van der Waals surface area contributed by atoms with Gasteiger partial charge in [-0.15, -0.1) is 0 Å². The molecule has 1 unspecified atom stereocenters. The molecule has 0 saturated carbocycles. The van der Waals surface area contributed by atoms with Crippen LogP contribution in [0.5, 0.6) is 5.75 Å². The molecule has 5 nitrogen and oxygen atoms in total. The fourth-order valence-electron chi connectivity index (χ4n) is 4.02. The van der Waals surface area contributed by atoms with Crippen LogP contribution in [0.4, 0.5) is 4.39 Å². The minimum Gasteiger partial charge on any atom is -0.491 e. The normalized spacial score (nSPS) is 18.4. The highest BCUT2D eigenvalue weighted by atomic mass is 19.1. The molecule has 1 atom stereocenters. The number of rotatable bonds is 5. The van der Waals surface area contributed by atoms with Gasteiger partial charge in [0, 0.05) is 24.6 Å². The Kier molecular flexibility index (Phi) is 5.68. The molecule has 1 aliphatic carbocycles. The van der Waals surface area contributed by atoms with Crippen LogP contribution >= 0.6 is 0 Å². The summed E-state index contributed by atoms with van der Waals surface area (Å²) >= 11 is 0. The van der Waals surface area contributed by atoms with Crippen molar-refractivity contribution in [3.63, 3.8) is 0 Å². The lowest BCUT2D eigenvalue weighted by Gasteiger charge is -2.33. The number of amides is 1. The molecule has 0 bridgehead atoms. The van der Waals surface area contributed by atoms with Crippen molar-refractivity contribution < 1.29 is 23.5 Å². The molecule has 1 heterocycles. The van der Waals surface area contributed by atoms with Gasteiger partial charge in [0.25, 0.3) is 5.91 Å². The number of benzene rings is 2. The lowest BCUT2D eigenvalue weighted by Crippen LogP contribution is -2.48. The van der Waals surface area contributed by atoms with Crippen molar-refractivity contribution in [1.82, 2.24) is 4.90 Å². The Morgan fingerprint density at radius 1 is 1.23 bits per heavy atom. The van der Waals surface area contributed by atoms with Crippen LogP contribution in [0.25, 0.3) is 5.57 Å². The maximum Gasteiger partial charge on any atom is 0.250 e. The van der Waals surface area contributed by atoms with Gasteiger partial charge in [0.1, 0.15) is 24.3 Å². The average molecular weight is 409 g/mol. The number of hydrogen-bond acceptors (Lipinski definition) is 4. The summed E-state index contributed by atoms with van der Waals surface area (Å²) in [6.45, 7) is 4.89. The highest BCUT2D eigenvalue weighted by Crippen LogP contribution is 2.33. The Bertz CT molecular complexity index is 1030. The Morgan fingerprint density at radius 3 is 2.77 bits per heavy atom. The van der Waals surface area contributed by atoms with E-state index in [1.165, 1.54) is 24.6 Å². The molecule has 1 fully saturated rings. The van der Waals surface area contributed by atoms with Crippen molar-refractivity contribution in [3.8, 4) is 5.75 Å². The summed E-state index contributed by atoms with van der Waals surface area (Å²) in [6, 6.07) is 12.3. The van der Waals surface area contributed by atoms with Crippen LogP contribution in [-0.2, 0) is 16.0 Å². The molecule has 2 aromatic rings. The Labute approximate surface area is 175 Å². The van der Waals surface area contributed by atoms with E-state index in [9.17, 15) is 14.0 Å². The summed E-state index contributed by atoms with van der Waals surface area (Å²) in [7, 11) is 0. The summed E-state index contributed by atoms with van der Waals surface area (Å²) < 4.78 is 25.4. The lowest BCUT2D eigenvalue weighted by molar-refractivity contribution is -0.135. The molecule has 6 heteroatoms. The largest absolute Gasteiger partial charge is 0.491 e. The molecule has 0 spiro atoms. The van der Waals surface area contributed by atoms with Crippen LogP contribution in [-0.4, -0.2) is 49.0 Å². The van der Waals surface area contributed by atoms with Gasteiger partial charge in [-0.05, 0) is 42.7 Å². The number of carbonyl (C=O) groups excluding carboxylic acids is 2. The number of carbonyl (C=O) groups is 2. The molecular weight excluding hydrogens is 385 g/mol. The van der Waals surface area contributed by atoms with Gasteiger partial charge in [-0.1, -0.05) is 24.3 Å². The zero-order chi connectivity index (χ0) is 21.3. The minimum absolute atomic E-state index is 0.0360. The van der Waals surface area contributed by atoms with E-state index in [4.69, 9.17) is 9.47 Å². The van der Waals surface area contributed by atoms with E-state index in [0.717, 1.165) is 16.7 Å². The second-order valence-electron chi connectivity index (χ2n) is 7.69. The average Bonchev–Trinajstić information content (AvgIpc) is 3.08. The van der Waals surface area contributed by atoms with E-state index in [2.05, 4.69) is 12.1 Å². The Balaban J connectivity index is 1.38. The van der Waals surface area contributed by atoms with E-state index in [-0.39, 0.29) is 30.0 Å². The Hall–Kier alpha value is -2.99. The van der Waals surface area contributed by atoms with Crippen LogP contribution in [0.3, 0.4) is 0 Å². The molecule has 156 valence electrons. The van der Waals surface area contributed by atoms with Gasteiger partial charge >= 0.3 is 0 Å². The second kappa shape index (κ2) is 8.40. The summed E-state index contributed by atoms with van der Waals surface area (Å²) in [4.78, 5) is 26.3. The van der Waals surface area contributed by atoms with Crippen molar-refractivity contribution in [2.24, 2.45) is 0 Å². The topological polar surface area (TPSA) is 55.8 Å². The molecule has 30 heavy (non-hydrogen) atoms. The van der Waals surface area contributed by atoms with Gasteiger partial charge < -0.3 is 14.4 Å². The second-order valence-corrected chi connectivity index (χ2v) is 7.69. The predicted octanol–water partition coefficient (Wildman–Crippen LogP) is 3.66. The van der Waals surface area contributed by atoms with E-state index in [0.29, 0.717) is 31.9 Å². The molecule has 0 N–H and O–H groups in total. The highest BCUT2D eigenvalue weighted by Gasteiger charge is 2.30. The maximum atomic E-state index is 14.0. The molecule has 1 aliphatic heterocycles. The van der Waals surface area contributed by atoms with E-state index >= 15 is 0 Å². The molecule has 4 rings (SSSR count). The number of allylic oxidation sites excluding steroid dienone is 1. The summed E-state index contributed by atoms with van der Waals surface area (Å²) in [5.41, 5.74) is 4.23. The number of ketones is 1. The lowest BCUT2D eigenvalue weighted by atomic mass is 10.1. The van der Waals surface area contributed by atoms with Gasteiger partial charge in [0.05, 0.1) is 18.7 Å². The fraction of sp³-hybridized carbons (Fsp3) is 0.333. The van der Waals surface area contributed by atoms with E-state index in [1.54, 1.807) is 6.07 Å². The van der Waals surface area contributed by atoms with E-state index < -0.39 is 5.82 Å². The fourth-order valence-corrected chi connectivity index (χ4v) is 4.02. The van der Waals surface area contributed by atoms with Crippen molar-refractivity contribution >= 4 is 17.3 Å². The van der Waals surface area contributed by atoms with Crippen molar-refractivity contribution in [1.29, 1.82) is 0 Å². The van der Waals surface area contributed by atoms with Gasteiger partial charge in [-0.25, -0.2) is 4.39 Å². The van der Waals surface area contributed by atoms with Gasteiger partial charge in [-0.3, -0.25) is 9.59 Å². The third kappa shape index (κ3) is 4.00. The number of Topliss-reactive ketones (excluding diaryl/α,β-unsaturated/α-hetero) is 1. The van der Waals surface area contributed by atoms with Crippen LogP contribution in [0, 0.1) is 5.82 Å². The SMILES string of the molecule is CC(=O)c1ccc(OCC2CN(C(=O)C3=C(C)c4ccccc4C3)CCO2)cc1F. The Morgan fingerprint density at radius 2 is 2.03 bits per heavy atom. The molecule has 2 aliphatic rings. The monoisotopic (exact) mass is 409 g/mol. The highest BCUT2D eigenvalue weighted by molar-refractivity contribution is 6.03. The quantitative estimate of drug-likeness (QED) is 0.708. The standard InChI is InChI=1S/C24H24FNO4/c1-15-20-6-4-3-5-17(20)11-22(15)24(28)26-9-10-29-19(13-26)14-30-18-7-8-21(16(2)27)23(25)12-18/h3-8,12,19H,9-11,13-14H2,1-2H3. The predicted molar refractivity (Wildman–Crippen MR) is 111 cm³/mol. The van der Waals surface area contributed by atoms with Gasteiger partial charge in [0.15, 0.2) is 5.78 Å². The minimum atomic E-state index is -0.607. The van der Waals surface area contributed by atoms with Gasteiger partial charge in [-0.2, -0.15) is 0 Å². The van der Waals surface area contributed by atoms with Crippen LogP contribution in [0.15, 0.2) is 48.0 Å². The molecule has 0 aromatic heterocycles. The van der Waals surface area contributed by atoms with Crippen molar-refractivity contribution in [2.45, 2.75) is 26.4 Å². The molecule has 2 aromatic carbocycles. The van der Waals surface area contributed by atoms with Crippen molar-refractivity contribution in [2.75, 3.05) is 26.3 Å². The van der Waals surface area contributed by atoms with Crippen LogP contribution < -0.4 is 4.74 Å². The number of fused-ring (bicyclic) bond motifs is 1. The third-order valence-corrected chi connectivity index (χ3v) is 5.68. The summed E-state index contributed by atoms with van der Waals surface area (Å²) in [5, 5.41) is 0. The third-order valence-electron chi connectivity index (χ3n) is 5.68. The summed E-state index contributed by atoms with van der Waals surface area (Å²) in [6.07, 6.45) is 0.351. The van der Waals surface area contributed by atoms with Crippen LogP contribution in [0.2, 0.25) is 0 Å². The number of nitrogens with zero attached hydrogens (tertiary/aromatic N) is 1. The zero-order valence-corrected chi connectivity index (χ0v) is 17.1. The molecule has 0 radical (unpaired) electrons. The van der Waals surface area contributed by atoms with Crippen LogP contribution in [0.1, 0.15) is 35.3 Å². The first-order valence-electron chi connectivity index (χ1n) is 10.1. The van der Waals surface area contributed by atoms with Gasteiger partial charge in [0.2, 0.25) is 0 Å². The number of hydrogen-bond donors (Lipinski definition) is 0. The first kappa shape index (κ1) is 20.3. The zero-order valence-electron chi connectivity index (χ0n) is 17.1. The molecule has 1 saturated heterocycles. The summed E-state index contributed by atoms with van der Waals surface area (Å²) in [5.74, 6) is -0.574. The number of halogens is 1.